The highest BCUT2D eigenvalue weighted by Crippen LogP contribution is 2.27. The van der Waals surface area contributed by atoms with Gasteiger partial charge in [-0.2, -0.15) is 0 Å². The van der Waals surface area contributed by atoms with E-state index >= 15 is 0 Å². The molecule has 110 valence electrons. The van der Waals surface area contributed by atoms with Gasteiger partial charge < -0.3 is 20.5 Å². The fourth-order valence-corrected chi connectivity index (χ4v) is 2.17. The second kappa shape index (κ2) is 7.25. The molecule has 1 atom stereocenters. The summed E-state index contributed by atoms with van der Waals surface area (Å²) in [5.74, 6) is -0.484. The maximum atomic E-state index is 11.7. The van der Waals surface area contributed by atoms with E-state index in [1.807, 2.05) is 0 Å². The van der Waals surface area contributed by atoms with Gasteiger partial charge in [-0.1, -0.05) is 0 Å². The summed E-state index contributed by atoms with van der Waals surface area (Å²) in [4.78, 5) is 23.3. The molecule has 6 nitrogen and oxygen atoms in total. The van der Waals surface area contributed by atoms with E-state index in [0.717, 1.165) is 0 Å². The molecule has 1 rings (SSSR count). The van der Waals surface area contributed by atoms with Gasteiger partial charge in [-0.3, -0.25) is 0 Å². The number of anilines is 1. The van der Waals surface area contributed by atoms with E-state index in [4.69, 9.17) is 9.84 Å². The van der Waals surface area contributed by atoms with Crippen LogP contribution in [0.5, 0.6) is 0 Å². The van der Waals surface area contributed by atoms with Crippen LogP contribution in [-0.4, -0.2) is 36.9 Å². The number of nitrogens with one attached hydrogen (secondary N) is 2. The smallest absolute Gasteiger partial charge is 0.339 e. The van der Waals surface area contributed by atoms with Crippen molar-refractivity contribution in [2.45, 2.75) is 20.0 Å². The lowest BCUT2D eigenvalue weighted by molar-refractivity contribution is 0.0599. The number of hydrogen-bond acceptors (Lipinski definition) is 4. The van der Waals surface area contributed by atoms with Crippen LogP contribution in [0, 0.1) is 6.92 Å². The molecule has 20 heavy (non-hydrogen) atoms. The lowest BCUT2D eigenvalue weighted by Gasteiger charge is -2.14. The SMILES string of the molecule is COC(=O)c1c(Br)ccc(NC(=O)NC[C@H](C)O)c1C. The Morgan fingerprint density at radius 3 is 2.65 bits per heavy atom. The first-order valence-electron chi connectivity index (χ1n) is 5.97. The Bertz CT molecular complexity index is 517. The predicted octanol–water partition coefficient (Wildman–Crippen LogP) is 2.05. The van der Waals surface area contributed by atoms with Crippen molar-refractivity contribution in [3.05, 3.63) is 27.7 Å². The Labute approximate surface area is 125 Å². The average Bonchev–Trinajstić information content (AvgIpc) is 2.39. The number of benzene rings is 1. The number of carbonyl (C=O) groups is 2. The normalized spacial score (nSPS) is 11.7. The number of rotatable bonds is 4. The quantitative estimate of drug-likeness (QED) is 0.729. The summed E-state index contributed by atoms with van der Waals surface area (Å²) < 4.78 is 5.30. The molecule has 0 fully saturated rings. The first kappa shape index (κ1) is 16.5. The Hall–Kier alpha value is -1.60. The minimum absolute atomic E-state index is 0.144. The van der Waals surface area contributed by atoms with Crippen LogP contribution in [0.3, 0.4) is 0 Å². The van der Waals surface area contributed by atoms with Gasteiger partial charge in [0.1, 0.15) is 0 Å². The van der Waals surface area contributed by atoms with Crippen LogP contribution < -0.4 is 10.6 Å². The molecule has 0 heterocycles. The summed E-state index contributed by atoms with van der Waals surface area (Å²) in [5.41, 5.74) is 1.45. The number of amides is 2. The highest BCUT2D eigenvalue weighted by atomic mass is 79.9. The number of carbonyl (C=O) groups excluding carboxylic acids is 2. The molecular formula is C13H17BrN2O4. The number of methoxy groups -OCH3 is 1. The van der Waals surface area contributed by atoms with Crippen molar-refractivity contribution in [2.24, 2.45) is 0 Å². The molecule has 0 saturated heterocycles. The number of urea groups is 1. The van der Waals surface area contributed by atoms with Gasteiger partial charge in [-0.05, 0) is 47.5 Å². The molecule has 0 saturated carbocycles. The molecule has 2 amide bonds. The van der Waals surface area contributed by atoms with E-state index in [9.17, 15) is 9.59 Å². The first-order chi connectivity index (χ1) is 9.36. The number of esters is 1. The molecule has 0 unspecified atom stereocenters. The van der Waals surface area contributed by atoms with Crippen molar-refractivity contribution in [1.29, 1.82) is 0 Å². The Kier molecular flexibility index (Phi) is 5.97. The van der Waals surface area contributed by atoms with Crippen LogP contribution in [0.1, 0.15) is 22.8 Å². The Morgan fingerprint density at radius 1 is 1.45 bits per heavy atom. The molecule has 0 aliphatic rings. The zero-order valence-corrected chi connectivity index (χ0v) is 13.1. The Morgan fingerprint density at radius 2 is 2.10 bits per heavy atom. The van der Waals surface area contributed by atoms with E-state index in [-0.39, 0.29) is 6.54 Å². The molecular weight excluding hydrogens is 328 g/mol. The van der Waals surface area contributed by atoms with E-state index in [2.05, 4.69) is 26.6 Å². The molecule has 1 aromatic rings. The summed E-state index contributed by atoms with van der Waals surface area (Å²) in [7, 11) is 1.30. The van der Waals surface area contributed by atoms with Crippen molar-refractivity contribution in [3.63, 3.8) is 0 Å². The van der Waals surface area contributed by atoms with Gasteiger partial charge in [0.2, 0.25) is 0 Å². The molecule has 7 heteroatoms. The summed E-state index contributed by atoms with van der Waals surface area (Å²) in [5, 5.41) is 14.2. The largest absolute Gasteiger partial charge is 0.465 e. The maximum Gasteiger partial charge on any atom is 0.339 e. The van der Waals surface area contributed by atoms with Crippen LogP contribution in [0.2, 0.25) is 0 Å². The zero-order valence-electron chi connectivity index (χ0n) is 11.5. The highest BCUT2D eigenvalue weighted by Gasteiger charge is 2.17. The van der Waals surface area contributed by atoms with Crippen LogP contribution in [-0.2, 0) is 4.74 Å². The molecule has 0 spiro atoms. The summed E-state index contributed by atoms with van der Waals surface area (Å²) >= 11 is 3.28. The number of hydrogen-bond donors (Lipinski definition) is 3. The first-order valence-corrected chi connectivity index (χ1v) is 6.76. The lowest BCUT2D eigenvalue weighted by atomic mass is 10.1. The zero-order chi connectivity index (χ0) is 15.3. The molecule has 3 N–H and O–H groups in total. The third-order valence-corrected chi connectivity index (χ3v) is 3.27. The predicted molar refractivity (Wildman–Crippen MR) is 78.9 cm³/mol. The van der Waals surface area contributed by atoms with Gasteiger partial charge in [-0.25, -0.2) is 9.59 Å². The molecule has 0 radical (unpaired) electrons. The fourth-order valence-electron chi connectivity index (χ4n) is 1.57. The average molecular weight is 345 g/mol. The number of ether oxygens (including phenoxy) is 1. The summed E-state index contributed by atoms with van der Waals surface area (Å²) in [6.07, 6.45) is -0.627. The van der Waals surface area contributed by atoms with Gasteiger partial charge >= 0.3 is 12.0 Å². The van der Waals surface area contributed by atoms with Crippen molar-refractivity contribution in [1.82, 2.24) is 5.32 Å². The lowest BCUT2D eigenvalue weighted by Crippen LogP contribution is -2.34. The minimum atomic E-state index is -0.627. The van der Waals surface area contributed by atoms with E-state index < -0.39 is 18.1 Å². The van der Waals surface area contributed by atoms with Crippen molar-refractivity contribution in [3.8, 4) is 0 Å². The highest BCUT2D eigenvalue weighted by molar-refractivity contribution is 9.10. The Balaban J connectivity index is 2.92. The van der Waals surface area contributed by atoms with E-state index in [1.54, 1.807) is 26.0 Å². The van der Waals surface area contributed by atoms with Crippen LogP contribution in [0.15, 0.2) is 16.6 Å². The number of aliphatic hydroxyl groups is 1. The van der Waals surface area contributed by atoms with Gasteiger partial charge in [0, 0.05) is 16.7 Å². The van der Waals surface area contributed by atoms with Gasteiger partial charge in [0.25, 0.3) is 0 Å². The third kappa shape index (κ3) is 4.21. The van der Waals surface area contributed by atoms with Gasteiger partial charge in [-0.15, -0.1) is 0 Å². The summed E-state index contributed by atoms with van der Waals surface area (Å²) in [6, 6.07) is 2.88. The fraction of sp³-hybridized carbons (Fsp3) is 0.385. The molecule has 0 aliphatic heterocycles. The minimum Gasteiger partial charge on any atom is -0.465 e. The maximum absolute atomic E-state index is 11.7. The van der Waals surface area contributed by atoms with Crippen molar-refractivity contribution in [2.75, 3.05) is 19.0 Å². The van der Waals surface area contributed by atoms with Crippen LogP contribution >= 0.6 is 15.9 Å². The number of halogens is 1. The van der Waals surface area contributed by atoms with Gasteiger partial charge in [0.05, 0.1) is 18.8 Å². The van der Waals surface area contributed by atoms with Crippen molar-refractivity contribution < 1.29 is 19.4 Å². The van der Waals surface area contributed by atoms with E-state index in [1.165, 1.54) is 7.11 Å². The topological polar surface area (TPSA) is 87.7 Å². The second-order valence-corrected chi connectivity index (χ2v) is 5.12. The van der Waals surface area contributed by atoms with E-state index in [0.29, 0.717) is 21.3 Å². The standard InChI is InChI=1S/C13H17BrN2O4/c1-7(17)6-15-13(19)16-10-5-4-9(14)11(8(10)2)12(18)20-3/h4-5,7,17H,6H2,1-3H3,(H2,15,16,19)/t7-/m0/s1. The molecule has 0 bridgehead atoms. The molecule has 1 aromatic carbocycles. The monoisotopic (exact) mass is 344 g/mol. The van der Waals surface area contributed by atoms with Gasteiger partial charge in [0.15, 0.2) is 0 Å². The summed E-state index contributed by atoms with van der Waals surface area (Å²) in [6.45, 7) is 3.42. The molecule has 0 aromatic heterocycles. The van der Waals surface area contributed by atoms with Crippen LogP contribution in [0.4, 0.5) is 10.5 Å². The molecule has 0 aliphatic carbocycles. The second-order valence-electron chi connectivity index (χ2n) is 4.27. The van der Waals surface area contributed by atoms with Crippen molar-refractivity contribution >= 4 is 33.6 Å². The number of aliphatic hydroxyl groups excluding tert-OH is 1. The van der Waals surface area contributed by atoms with Crippen LogP contribution in [0.25, 0.3) is 0 Å². The third-order valence-electron chi connectivity index (χ3n) is 2.61.